The molecule has 0 spiro atoms. The SMILES string of the molecule is CCCOC(C)(OCC)OCC. The Morgan fingerprint density at radius 3 is 1.75 bits per heavy atom. The normalized spacial score (nSPS) is 12.0. The van der Waals surface area contributed by atoms with Crippen LogP contribution in [0.25, 0.3) is 0 Å². The third kappa shape index (κ3) is 4.70. The van der Waals surface area contributed by atoms with Gasteiger partial charge in [0.25, 0.3) is 5.97 Å². The van der Waals surface area contributed by atoms with E-state index in [1.54, 1.807) is 6.92 Å². The number of hydrogen-bond acceptors (Lipinski definition) is 3. The lowest BCUT2D eigenvalue weighted by molar-refractivity contribution is -0.367. The fourth-order valence-corrected chi connectivity index (χ4v) is 0.937. The summed E-state index contributed by atoms with van der Waals surface area (Å²) in [5.74, 6) is -0.848. The Hall–Kier alpha value is -0.120. The average Bonchev–Trinajstić information content (AvgIpc) is 2.02. The van der Waals surface area contributed by atoms with Crippen molar-refractivity contribution < 1.29 is 14.2 Å². The first kappa shape index (κ1) is 11.9. The van der Waals surface area contributed by atoms with E-state index in [1.165, 1.54) is 0 Å². The highest BCUT2D eigenvalue weighted by atomic mass is 16.9. The fraction of sp³-hybridized carbons (Fsp3) is 1.00. The topological polar surface area (TPSA) is 27.7 Å². The summed E-state index contributed by atoms with van der Waals surface area (Å²) in [6.07, 6.45) is 0.968. The monoisotopic (exact) mass is 176 g/mol. The fourth-order valence-electron chi connectivity index (χ4n) is 0.937. The smallest absolute Gasteiger partial charge is 0.279 e. The molecule has 0 N–H and O–H groups in total. The number of rotatable bonds is 7. The van der Waals surface area contributed by atoms with Crippen molar-refractivity contribution in [2.75, 3.05) is 19.8 Å². The van der Waals surface area contributed by atoms with E-state index in [0.717, 1.165) is 6.42 Å². The first-order valence-electron chi connectivity index (χ1n) is 4.60. The minimum absolute atomic E-state index is 0.597. The number of hydrogen-bond donors (Lipinski definition) is 0. The maximum atomic E-state index is 5.42. The van der Waals surface area contributed by atoms with E-state index in [0.29, 0.717) is 19.8 Å². The molecule has 0 aliphatic heterocycles. The Kier molecular flexibility index (Phi) is 6.34. The maximum Gasteiger partial charge on any atom is 0.279 e. The van der Waals surface area contributed by atoms with Crippen molar-refractivity contribution in [3.8, 4) is 0 Å². The zero-order valence-corrected chi connectivity index (χ0v) is 8.55. The Balaban J connectivity index is 3.80. The van der Waals surface area contributed by atoms with Gasteiger partial charge in [0, 0.05) is 20.1 Å². The third-order valence-electron chi connectivity index (χ3n) is 1.38. The van der Waals surface area contributed by atoms with Crippen LogP contribution in [-0.4, -0.2) is 25.8 Å². The van der Waals surface area contributed by atoms with Crippen LogP contribution in [0, 0.1) is 0 Å². The number of ether oxygens (including phenoxy) is 3. The molecule has 0 aromatic carbocycles. The Morgan fingerprint density at radius 2 is 1.42 bits per heavy atom. The predicted molar refractivity (Wildman–Crippen MR) is 47.9 cm³/mol. The zero-order valence-electron chi connectivity index (χ0n) is 8.55. The highest BCUT2D eigenvalue weighted by molar-refractivity contribution is 4.46. The van der Waals surface area contributed by atoms with Crippen LogP contribution in [0.1, 0.15) is 34.1 Å². The lowest BCUT2D eigenvalue weighted by Crippen LogP contribution is -2.36. The molecule has 0 saturated heterocycles. The molecule has 0 aromatic rings. The molecule has 0 unspecified atom stereocenters. The van der Waals surface area contributed by atoms with Gasteiger partial charge in [0.15, 0.2) is 0 Å². The molecule has 74 valence electrons. The summed E-state index contributed by atoms with van der Waals surface area (Å²) in [4.78, 5) is 0. The molecule has 3 nitrogen and oxygen atoms in total. The van der Waals surface area contributed by atoms with Gasteiger partial charge in [-0.25, -0.2) is 0 Å². The van der Waals surface area contributed by atoms with Gasteiger partial charge in [0.05, 0.1) is 6.61 Å². The van der Waals surface area contributed by atoms with Crippen LogP contribution in [0.15, 0.2) is 0 Å². The van der Waals surface area contributed by atoms with Crippen LogP contribution in [0.2, 0.25) is 0 Å². The van der Waals surface area contributed by atoms with Crippen molar-refractivity contribution in [2.45, 2.75) is 40.1 Å². The molecule has 0 heterocycles. The van der Waals surface area contributed by atoms with Crippen LogP contribution < -0.4 is 0 Å². The van der Waals surface area contributed by atoms with Crippen LogP contribution in [0.3, 0.4) is 0 Å². The van der Waals surface area contributed by atoms with Gasteiger partial charge in [0.1, 0.15) is 0 Å². The highest BCUT2D eigenvalue weighted by Gasteiger charge is 2.25. The molecule has 12 heavy (non-hydrogen) atoms. The second-order valence-electron chi connectivity index (χ2n) is 2.58. The average molecular weight is 176 g/mol. The van der Waals surface area contributed by atoms with Crippen LogP contribution >= 0.6 is 0 Å². The molecular weight excluding hydrogens is 156 g/mol. The lowest BCUT2D eigenvalue weighted by Gasteiger charge is -2.28. The summed E-state index contributed by atoms with van der Waals surface area (Å²) in [6, 6.07) is 0. The molecule has 3 heteroatoms. The Morgan fingerprint density at radius 1 is 0.917 bits per heavy atom. The molecule has 0 bridgehead atoms. The lowest BCUT2D eigenvalue weighted by atomic mass is 10.5. The largest absolute Gasteiger partial charge is 0.328 e. The minimum atomic E-state index is -0.848. The molecule has 0 amide bonds. The van der Waals surface area contributed by atoms with Gasteiger partial charge in [-0.15, -0.1) is 0 Å². The third-order valence-corrected chi connectivity index (χ3v) is 1.38. The van der Waals surface area contributed by atoms with Crippen molar-refractivity contribution in [3.63, 3.8) is 0 Å². The van der Waals surface area contributed by atoms with Crippen molar-refractivity contribution in [1.82, 2.24) is 0 Å². The first-order chi connectivity index (χ1) is 5.68. The van der Waals surface area contributed by atoms with Gasteiger partial charge < -0.3 is 14.2 Å². The van der Waals surface area contributed by atoms with E-state index in [-0.39, 0.29) is 0 Å². The Bertz CT molecular complexity index is 97.9. The molecule has 0 radical (unpaired) electrons. The van der Waals surface area contributed by atoms with E-state index in [1.807, 2.05) is 13.8 Å². The molecule has 0 aliphatic rings. The molecule has 0 saturated carbocycles. The van der Waals surface area contributed by atoms with E-state index < -0.39 is 5.97 Å². The van der Waals surface area contributed by atoms with E-state index in [9.17, 15) is 0 Å². The molecule has 0 fully saturated rings. The first-order valence-corrected chi connectivity index (χ1v) is 4.60. The molecule has 0 atom stereocenters. The van der Waals surface area contributed by atoms with Gasteiger partial charge >= 0.3 is 0 Å². The van der Waals surface area contributed by atoms with E-state index >= 15 is 0 Å². The van der Waals surface area contributed by atoms with E-state index in [2.05, 4.69) is 6.92 Å². The van der Waals surface area contributed by atoms with Crippen molar-refractivity contribution in [3.05, 3.63) is 0 Å². The second-order valence-corrected chi connectivity index (χ2v) is 2.58. The van der Waals surface area contributed by atoms with Gasteiger partial charge in [0.2, 0.25) is 0 Å². The van der Waals surface area contributed by atoms with Gasteiger partial charge in [-0.3, -0.25) is 0 Å². The van der Waals surface area contributed by atoms with Crippen LogP contribution in [-0.2, 0) is 14.2 Å². The van der Waals surface area contributed by atoms with E-state index in [4.69, 9.17) is 14.2 Å². The summed E-state index contributed by atoms with van der Waals surface area (Å²) in [5, 5.41) is 0. The zero-order chi connectivity index (χ0) is 9.45. The summed E-state index contributed by atoms with van der Waals surface area (Å²) in [6.45, 7) is 9.56. The van der Waals surface area contributed by atoms with Crippen molar-refractivity contribution >= 4 is 0 Å². The van der Waals surface area contributed by atoms with Crippen LogP contribution in [0.4, 0.5) is 0 Å². The molecule has 0 rings (SSSR count). The van der Waals surface area contributed by atoms with Gasteiger partial charge in [-0.05, 0) is 20.3 Å². The molecular formula is C9H20O3. The molecule has 0 aliphatic carbocycles. The summed E-state index contributed by atoms with van der Waals surface area (Å²) >= 11 is 0. The molecule has 0 aromatic heterocycles. The highest BCUT2D eigenvalue weighted by Crippen LogP contribution is 2.14. The maximum absolute atomic E-state index is 5.42. The second kappa shape index (κ2) is 6.40. The summed E-state index contributed by atoms with van der Waals surface area (Å²) in [5.41, 5.74) is 0. The minimum Gasteiger partial charge on any atom is -0.328 e. The quantitative estimate of drug-likeness (QED) is 0.556. The summed E-state index contributed by atoms with van der Waals surface area (Å²) in [7, 11) is 0. The van der Waals surface area contributed by atoms with Crippen molar-refractivity contribution in [1.29, 1.82) is 0 Å². The standard InChI is InChI=1S/C9H20O3/c1-5-8-12-9(4,10-6-2)11-7-3/h5-8H2,1-4H3. The van der Waals surface area contributed by atoms with Gasteiger partial charge in [-0.1, -0.05) is 6.92 Å². The van der Waals surface area contributed by atoms with Crippen LogP contribution in [0.5, 0.6) is 0 Å². The van der Waals surface area contributed by atoms with Crippen molar-refractivity contribution in [2.24, 2.45) is 0 Å². The predicted octanol–water partition coefficient (Wildman–Crippen LogP) is 2.16. The Labute approximate surface area is 75.0 Å². The summed E-state index contributed by atoms with van der Waals surface area (Å²) < 4.78 is 16.1. The van der Waals surface area contributed by atoms with Gasteiger partial charge in [-0.2, -0.15) is 0 Å².